The molecule has 0 heterocycles. The van der Waals surface area contributed by atoms with Gasteiger partial charge in [0.1, 0.15) is 0 Å². The summed E-state index contributed by atoms with van der Waals surface area (Å²) in [6.07, 6.45) is 11.2. The van der Waals surface area contributed by atoms with Crippen LogP contribution < -0.4 is 5.11 Å². The molecule has 0 saturated heterocycles. The van der Waals surface area contributed by atoms with Gasteiger partial charge in [-0.2, -0.15) is 0 Å². The molecule has 0 aromatic carbocycles. The molecule has 0 aliphatic heterocycles. The van der Waals surface area contributed by atoms with E-state index in [0.29, 0.717) is 0 Å². The first-order chi connectivity index (χ1) is 6.77. The van der Waals surface area contributed by atoms with Crippen molar-refractivity contribution in [2.45, 2.75) is 71.1 Å². The van der Waals surface area contributed by atoms with Crippen molar-refractivity contribution in [3.63, 3.8) is 0 Å². The van der Waals surface area contributed by atoms with E-state index in [1.807, 2.05) is 0 Å². The maximum atomic E-state index is 10.1. The van der Waals surface area contributed by atoms with Gasteiger partial charge in [0.2, 0.25) is 0 Å². The number of rotatable bonds is 10. The third-order valence-electron chi connectivity index (χ3n) is 2.48. The van der Waals surface area contributed by atoms with E-state index in [-0.39, 0.29) is 28.8 Å². The Balaban J connectivity index is 0. The fourth-order valence-corrected chi connectivity index (χ4v) is 1.58. The molecule has 0 spiro atoms. The third kappa shape index (κ3) is 16.9. The summed E-state index contributed by atoms with van der Waals surface area (Å²) in [4.78, 5) is 10.1. The molecule has 0 bridgehead atoms. The molecule has 0 aliphatic rings. The van der Waals surface area contributed by atoms with Crippen molar-refractivity contribution in [3.8, 4) is 0 Å². The summed E-state index contributed by atoms with van der Waals surface area (Å²) in [7, 11) is 0. The molecule has 0 rings (SSSR count). The monoisotopic (exact) mass is 306 g/mol. The summed E-state index contributed by atoms with van der Waals surface area (Å²) >= 11 is 0. The Morgan fingerprint density at radius 2 is 1.27 bits per heavy atom. The molecule has 0 saturated carbocycles. The second-order valence-corrected chi connectivity index (χ2v) is 3.95. The number of carboxylic acid groups (broad SMARTS) is 1. The van der Waals surface area contributed by atoms with Crippen LogP contribution in [0.3, 0.4) is 0 Å². The first kappa shape index (κ1) is 17.6. The van der Waals surface area contributed by atoms with E-state index in [1.54, 1.807) is 0 Å². The zero-order valence-corrected chi connectivity index (χ0v) is 11.2. The molecule has 0 unspecified atom stereocenters. The van der Waals surface area contributed by atoms with Gasteiger partial charge in [0, 0.05) is 5.97 Å². The topological polar surface area (TPSA) is 40.1 Å². The van der Waals surface area contributed by atoms with Crippen molar-refractivity contribution < 1.29 is 32.3 Å². The van der Waals surface area contributed by atoms with Crippen molar-refractivity contribution in [2.24, 2.45) is 0 Å². The largest absolute Gasteiger partial charge is 1.00 e. The number of carbonyl (C=O) groups excluding carboxylic acids is 1. The van der Waals surface area contributed by atoms with Gasteiger partial charge in [-0.05, 0) is 12.8 Å². The minimum absolute atomic E-state index is 0. The molecule has 0 radical (unpaired) electrons. The first-order valence-electron chi connectivity index (χ1n) is 5.97. The van der Waals surface area contributed by atoms with Crippen LogP contribution in [0.4, 0.5) is 0 Å². The summed E-state index contributed by atoms with van der Waals surface area (Å²) in [5.74, 6) is -0.909. The van der Waals surface area contributed by atoms with Crippen LogP contribution in [0.25, 0.3) is 0 Å². The van der Waals surface area contributed by atoms with Crippen molar-refractivity contribution in [3.05, 3.63) is 0 Å². The molecule has 3 heteroatoms. The number of carbonyl (C=O) groups is 1. The van der Waals surface area contributed by atoms with Crippen molar-refractivity contribution in [1.82, 2.24) is 0 Å². The number of carboxylic acids is 1. The van der Waals surface area contributed by atoms with E-state index in [2.05, 4.69) is 6.92 Å². The molecule has 15 heavy (non-hydrogen) atoms. The van der Waals surface area contributed by atoms with E-state index >= 15 is 0 Å². The number of hydrogen-bond donors (Lipinski definition) is 0. The Labute approximate surface area is 109 Å². The van der Waals surface area contributed by atoms with E-state index in [1.165, 1.54) is 44.9 Å². The Morgan fingerprint density at radius 3 is 1.67 bits per heavy atom. The normalized spacial score (nSPS) is 9.67. The minimum atomic E-state index is -0.909. The summed E-state index contributed by atoms with van der Waals surface area (Å²) in [6.45, 7) is 2.22. The Hall–Kier alpha value is 0.210. The average Bonchev–Trinajstić information content (AvgIpc) is 2.15. The van der Waals surface area contributed by atoms with E-state index < -0.39 is 5.97 Å². The number of hydrogen-bond acceptors (Lipinski definition) is 2. The van der Waals surface area contributed by atoms with Crippen LogP contribution in [0.1, 0.15) is 71.1 Å². The zero-order chi connectivity index (χ0) is 10.6. The van der Waals surface area contributed by atoms with Crippen LogP contribution in [0, 0.1) is 0 Å². The average molecular weight is 307 g/mol. The Bertz CT molecular complexity index is 138. The second kappa shape index (κ2) is 14.2. The Kier molecular flexibility index (Phi) is 16.7. The van der Waals surface area contributed by atoms with Crippen LogP contribution in [0.5, 0.6) is 0 Å². The molecule has 0 aromatic heterocycles. The van der Waals surface area contributed by atoms with Crippen LogP contribution in [0.2, 0.25) is 0 Å². The van der Waals surface area contributed by atoms with Gasteiger partial charge in [0.25, 0.3) is 0 Å². The van der Waals surface area contributed by atoms with Gasteiger partial charge >= 0.3 is 22.4 Å². The summed E-state index contributed by atoms with van der Waals surface area (Å²) in [5.41, 5.74) is 0. The fourth-order valence-electron chi connectivity index (χ4n) is 1.58. The van der Waals surface area contributed by atoms with Gasteiger partial charge in [-0.1, -0.05) is 58.3 Å². The maximum absolute atomic E-state index is 10.1. The first-order valence-corrected chi connectivity index (χ1v) is 5.97. The third-order valence-corrected chi connectivity index (χ3v) is 2.48. The molecule has 0 N–H and O–H groups in total. The SMILES string of the molecule is CCCCCCCCCCCC(=O)[O-].[Ag+]. The standard InChI is InChI=1S/C12H24O2.Ag/c1-2-3-4-5-6-7-8-9-10-11-12(13)14;/h2-11H2,1H3,(H,13,14);/q;+1/p-1. The van der Waals surface area contributed by atoms with Crippen molar-refractivity contribution in [2.75, 3.05) is 0 Å². The van der Waals surface area contributed by atoms with Gasteiger partial charge in [-0.25, -0.2) is 0 Å². The van der Waals surface area contributed by atoms with Gasteiger partial charge in [0.05, 0.1) is 0 Å². The quantitative estimate of drug-likeness (QED) is 0.460. The number of unbranched alkanes of at least 4 members (excludes halogenated alkanes) is 8. The summed E-state index contributed by atoms with van der Waals surface area (Å²) < 4.78 is 0. The van der Waals surface area contributed by atoms with Gasteiger partial charge in [-0.15, -0.1) is 0 Å². The molecule has 2 nitrogen and oxygen atoms in total. The van der Waals surface area contributed by atoms with Gasteiger partial charge in [-0.3, -0.25) is 0 Å². The van der Waals surface area contributed by atoms with Crippen LogP contribution in [-0.2, 0) is 27.2 Å². The molecule has 94 valence electrons. The predicted octanol–water partition coefficient (Wildman–Crippen LogP) is 2.65. The van der Waals surface area contributed by atoms with E-state index in [0.717, 1.165) is 12.8 Å². The smallest absolute Gasteiger partial charge is 0.550 e. The molecule has 0 aromatic rings. The summed E-state index contributed by atoms with van der Waals surface area (Å²) in [5, 5.41) is 10.1. The van der Waals surface area contributed by atoms with Crippen LogP contribution in [-0.4, -0.2) is 5.97 Å². The zero-order valence-electron chi connectivity index (χ0n) is 9.69. The molecule has 0 amide bonds. The maximum Gasteiger partial charge on any atom is 1.00 e. The van der Waals surface area contributed by atoms with Crippen LogP contribution in [0.15, 0.2) is 0 Å². The molecule has 0 fully saturated rings. The summed E-state index contributed by atoms with van der Waals surface area (Å²) in [6, 6.07) is 0. The minimum Gasteiger partial charge on any atom is -0.550 e. The number of aliphatic carboxylic acids is 1. The second-order valence-electron chi connectivity index (χ2n) is 3.95. The fraction of sp³-hybridized carbons (Fsp3) is 0.917. The van der Waals surface area contributed by atoms with Gasteiger partial charge in [0.15, 0.2) is 0 Å². The van der Waals surface area contributed by atoms with Crippen molar-refractivity contribution >= 4 is 5.97 Å². The molecule has 0 aliphatic carbocycles. The Morgan fingerprint density at radius 1 is 0.867 bits per heavy atom. The van der Waals surface area contributed by atoms with Crippen molar-refractivity contribution in [1.29, 1.82) is 0 Å². The predicted molar refractivity (Wildman–Crippen MR) is 56.9 cm³/mol. The van der Waals surface area contributed by atoms with Crippen LogP contribution >= 0.6 is 0 Å². The molecular weight excluding hydrogens is 284 g/mol. The van der Waals surface area contributed by atoms with Gasteiger partial charge < -0.3 is 9.90 Å². The van der Waals surface area contributed by atoms with E-state index in [4.69, 9.17) is 0 Å². The van der Waals surface area contributed by atoms with E-state index in [9.17, 15) is 9.90 Å². The molecular formula is C12H23AgO2. The molecule has 0 atom stereocenters.